The molecule has 0 aromatic carbocycles. The number of hydrogen-bond acceptors (Lipinski definition) is 4. The van der Waals surface area contributed by atoms with Gasteiger partial charge in [-0.2, -0.15) is 0 Å². The molecule has 0 unspecified atom stereocenters. The van der Waals surface area contributed by atoms with E-state index in [-0.39, 0.29) is 0 Å². The topological polar surface area (TPSA) is 30.9 Å². The molecule has 0 saturated carbocycles. The number of hydrogen-bond donors (Lipinski definition) is 0. The average Bonchev–Trinajstić information content (AvgIpc) is 2.78. The standard InChI is InChI=1S/C27H57NO3/c1-5-28(2)23-20-26-31-27(21-16-12-8-6-10-14-18-24-29-3)22-17-13-9-7-11-15-19-25-30-4/h27H,5-26H2,1-4H3. The highest BCUT2D eigenvalue weighted by atomic mass is 16.5. The van der Waals surface area contributed by atoms with Crippen LogP contribution in [0.15, 0.2) is 0 Å². The maximum atomic E-state index is 6.33. The molecule has 0 heterocycles. The molecule has 31 heavy (non-hydrogen) atoms. The fourth-order valence-electron chi connectivity index (χ4n) is 4.06. The van der Waals surface area contributed by atoms with Gasteiger partial charge >= 0.3 is 0 Å². The van der Waals surface area contributed by atoms with Gasteiger partial charge < -0.3 is 19.1 Å². The lowest BCUT2D eigenvalue weighted by Gasteiger charge is -2.19. The minimum absolute atomic E-state index is 0.482. The molecule has 0 fully saturated rings. The van der Waals surface area contributed by atoms with Crippen LogP contribution in [0.1, 0.15) is 116 Å². The zero-order valence-electron chi connectivity index (χ0n) is 21.8. The van der Waals surface area contributed by atoms with Crippen molar-refractivity contribution in [2.75, 3.05) is 54.2 Å². The summed E-state index contributed by atoms with van der Waals surface area (Å²) in [7, 11) is 5.79. The van der Waals surface area contributed by atoms with Gasteiger partial charge in [-0.05, 0) is 45.7 Å². The summed E-state index contributed by atoms with van der Waals surface area (Å²) in [6, 6.07) is 0. The fraction of sp³-hybridized carbons (Fsp3) is 1.00. The minimum Gasteiger partial charge on any atom is -0.385 e. The van der Waals surface area contributed by atoms with E-state index in [9.17, 15) is 0 Å². The third-order valence-electron chi connectivity index (χ3n) is 6.33. The van der Waals surface area contributed by atoms with E-state index in [2.05, 4.69) is 18.9 Å². The molecule has 0 aliphatic heterocycles. The Morgan fingerprint density at radius 3 is 1.39 bits per heavy atom. The van der Waals surface area contributed by atoms with Crippen molar-refractivity contribution in [3.63, 3.8) is 0 Å². The van der Waals surface area contributed by atoms with Crippen LogP contribution in [0, 0.1) is 0 Å². The summed E-state index contributed by atoms with van der Waals surface area (Å²) in [5, 5.41) is 0. The van der Waals surface area contributed by atoms with Crippen LogP contribution in [-0.2, 0) is 14.2 Å². The average molecular weight is 444 g/mol. The van der Waals surface area contributed by atoms with Gasteiger partial charge in [-0.15, -0.1) is 0 Å². The molecule has 0 rings (SSSR count). The second-order valence-electron chi connectivity index (χ2n) is 9.25. The molecule has 0 bridgehead atoms. The molecule has 4 heteroatoms. The van der Waals surface area contributed by atoms with Gasteiger partial charge in [0.15, 0.2) is 0 Å². The Morgan fingerprint density at radius 2 is 0.968 bits per heavy atom. The third kappa shape index (κ3) is 24.3. The third-order valence-corrected chi connectivity index (χ3v) is 6.33. The molecule has 0 aliphatic rings. The minimum atomic E-state index is 0.482. The van der Waals surface area contributed by atoms with Crippen molar-refractivity contribution in [1.82, 2.24) is 4.90 Å². The zero-order chi connectivity index (χ0) is 22.8. The first-order valence-corrected chi connectivity index (χ1v) is 13.5. The number of rotatable bonds is 26. The molecular weight excluding hydrogens is 386 g/mol. The lowest BCUT2D eigenvalue weighted by Crippen LogP contribution is -2.21. The van der Waals surface area contributed by atoms with Crippen LogP contribution in [-0.4, -0.2) is 65.2 Å². The van der Waals surface area contributed by atoms with Gasteiger partial charge in [-0.1, -0.05) is 84.0 Å². The summed E-state index contributed by atoms with van der Waals surface area (Å²) in [5.74, 6) is 0. The van der Waals surface area contributed by atoms with Crippen molar-refractivity contribution in [3.8, 4) is 0 Å². The van der Waals surface area contributed by atoms with Crippen LogP contribution in [0.2, 0.25) is 0 Å². The normalized spacial score (nSPS) is 11.8. The summed E-state index contributed by atoms with van der Waals surface area (Å²) in [6.45, 7) is 7.25. The number of unbranched alkanes of at least 4 members (excludes halogenated alkanes) is 12. The van der Waals surface area contributed by atoms with Crippen molar-refractivity contribution in [2.24, 2.45) is 0 Å². The Balaban J connectivity index is 3.84. The van der Waals surface area contributed by atoms with Crippen LogP contribution in [0.4, 0.5) is 0 Å². The highest BCUT2D eigenvalue weighted by Gasteiger charge is 2.09. The zero-order valence-corrected chi connectivity index (χ0v) is 21.8. The molecule has 0 saturated heterocycles. The van der Waals surface area contributed by atoms with Crippen LogP contribution in [0.5, 0.6) is 0 Å². The molecule has 0 spiro atoms. The molecule has 188 valence electrons. The number of nitrogens with zero attached hydrogens (tertiary/aromatic N) is 1. The second kappa shape index (κ2) is 26.1. The predicted molar refractivity (Wildman–Crippen MR) is 135 cm³/mol. The monoisotopic (exact) mass is 443 g/mol. The fourth-order valence-corrected chi connectivity index (χ4v) is 4.06. The first-order chi connectivity index (χ1) is 15.2. The summed E-state index contributed by atoms with van der Waals surface area (Å²) >= 11 is 0. The van der Waals surface area contributed by atoms with Gasteiger partial charge in [0.2, 0.25) is 0 Å². The van der Waals surface area contributed by atoms with Gasteiger partial charge in [0.1, 0.15) is 0 Å². The van der Waals surface area contributed by atoms with Crippen LogP contribution >= 0.6 is 0 Å². The summed E-state index contributed by atoms with van der Waals surface area (Å²) in [5.41, 5.74) is 0. The molecule has 4 nitrogen and oxygen atoms in total. The Kier molecular flexibility index (Phi) is 26.0. The molecule has 0 N–H and O–H groups in total. The van der Waals surface area contributed by atoms with Crippen LogP contribution < -0.4 is 0 Å². The van der Waals surface area contributed by atoms with E-state index >= 15 is 0 Å². The largest absolute Gasteiger partial charge is 0.385 e. The lowest BCUT2D eigenvalue weighted by molar-refractivity contribution is 0.0336. The molecule has 0 atom stereocenters. The van der Waals surface area contributed by atoms with Crippen molar-refractivity contribution < 1.29 is 14.2 Å². The van der Waals surface area contributed by atoms with Gasteiger partial charge in [-0.25, -0.2) is 0 Å². The van der Waals surface area contributed by atoms with Gasteiger partial charge in [0.05, 0.1) is 6.10 Å². The summed E-state index contributed by atoms with van der Waals surface area (Å²) < 4.78 is 16.6. The summed E-state index contributed by atoms with van der Waals surface area (Å²) in [4.78, 5) is 2.37. The molecule has 0 aromatic rings. The smallest absolute Gasteiger partial charge is 0.0575 e. The van der Waals surface area contributed by atoms with Crippen molar-refractivity contribution in [1.29, 1.82) is 0 Å². The predicted octanol–water partition coefficient (Wildman–Crippen LogP) is 7.25. The Morgan fingerprint density at radius 1 is 0.548 bits per heavy atom. The highest BCUT2D eigenvalue weighted by molar-refractivity contribution is 4.61. The quantitative estimate of drug-likeness (QED) is 0.132. The maximum absolute atomic E-state index is 6.33. The molecule has 0 aromatic heterocycles. The molecule has 0 radical (unpaired) electrons. The molecular formula is C27H57NO3. The Bertz CT molecular complexity index is 306. The lowest BCUT2D eigenvalue weighted by atomic mass is 10.0. The maximum Gasteiger partial charge on any atom is 0.0575 e. The van der Waals surface area contributed by atoms with Crippen LogP contribution in [0.25, 0.3) is 0 Å². The Labute approximate surface area is 195 Å². The number of ether oxygens (including phenoxy) is 3. The Hall–Kier alpha value is -0.160. The first kappa shape index (κ1) is 30.8. The van der Waals surface area contributed by atoms with Gasteiger partial charge in [0.25, 0.3) is 0 Å². The highest BCUT2D eigenvalue weighted by Crippen LogP contribution is 2.17. The van der Waals surface area contributed by atoms with E-state index in [1.54, 1.807) is 14.2 Å². The number of methoxy groups -OCH3 is 2. The van der Waals surface area contributed by atoms with E-state index in [0.717, 1.165) is 39.3 Å². The van der Waals surface area contributed by atoms with Crippen LogP contribution in [0.3, 0.4) is 0 Å². The van der Waals surface area contributed by atoms with E-state index in [1.807, 2.05) is 0 Å². The summed E-state index contributed by atoms with van der Waals surface area (Å²) in [6.07, 6.45) is 22.8. The van der Waals surface area contributed by atoms with Gasteiger partial charge in [-0.3, -0.25) is 0 Å². The van der Waals surface area contributed by atoms with E-state index < -0.39 is 0 Å². The molecule has 0 aliphatic carbocycles. The second-order valence-corrected chi connectivity index (χ2v) is 9.25. The van der Waals surface area contributed by atoms with E-state index in [4.69, 9.17) is 14.2 Å². The van der Waals surface area contributed by atoms with E-state index in [1.165, 1.54) is 103 Å². The van der Waals surface area contributed by atoms with E-state index in [0.29, 0.717) is 6.10 Å². The SMILES string of the molecule is CCN(C)CCCOC(CCCCCCCCCOC)CCCCCCCCCOC. The van der Waals surface area contributed by atoms with Gasteiger partial charge in [0, 0.05) is 40.6 Å². The van der Waals surface area contributed by atoms with Crippen molar-refractivity contribution >= 4 is 0 Å². The molecule has 0 amide bonds. The first-order valence-electron chi connectivity index (χ1n) is 13.5. The van der Waals surface area contributed by atoms with Crippen molar-refractivity contribution in [2.45, 2.75) is 122 Å². The van der Waals surface area contributed by atoms with Crippen molar-refractivity contribution in [3.05, 3.63) is 0 Å².